The van der Waals surface area contributed by atoms with E-state index in [2.05, 4.69) is 9.82 Å². The van der Waals surface area contributed by atoms with E-state index in [9.17, 15) is 17.6 Å². The lowest BCUT2D eigenvalue weighted by atomic mass is 10.2. The van der Waals surface area contributed by atoms with Crippen LogP contribution in [0.5, 0.6) is 0 Å². The fourth-order valence-electron chi connectivity index (χ4n) is 1.75. The van der Waals surface area contributed by atoms with Gasteiger partial charge in [-0.05, 0) is 31.2 Å². The van der Waals surface area contributed by atoms with Crippen LogP contribution in [0, 0.1) is 5.82 Å². The Morgan fingerprint density at radius 1 is 1.43 bits per heavy atom. The average Bonchev–Trinajstić information content (AvgIpc) is 2.86. The van der Waals surface area contributed by atoms with Gasteiger partial charge in [0.25, 0.3) is 10.0 Å². The molecule has 0 atom stereocenters. The highest BCUT2D eigenvalue weighted by Crippen LogP contribution is 2.19. The van der Waals surface area contributed by atoms with Crippen molar-refractivity contribution < 1.29 is 22.7 Å². The van der Waals surface area contributed by atoms with Gasteiger partial charge < -0.3 is 5.11 Å². The van der Waals surface area contributed by atoms with E-state index in [4.69, 9.17) is 5.11 Å². The molecule has 0 fully saturated rings. The number of benzene rings is 1. The summed E-state index contributed by atoms with van der Waals surface area (Å²) in [5.41, 5.74) is -0.599. The van der Waals surface area contributed by atoms with E-state index in [1.165, 1.54) is 23.0 Å². The number of carboxylic acids is 1. The fraction of sp³-hybridized carbons (Fsp3) is 0.167. The minimum absolute atomic E-state index is 0.0623. The third-order valence-corrected chi connectivity index (χ3v) is 4.11. The second-order valence-electron chi connectivity index (χ2n) is 4.09. The number of hydrogen-bond donors (Lipinski definition) is 2. The summed E-state index contributed by atoms with van der Waals surface area (Å²) < 4.78 is 41.3. The van der Waals surface area contributed by atoms with Gasteiger partial charge in [-0.2, -0.15) is 13.5 Å². The number of aryl methyl sites for hydroxylation is 1. The molecular formula is C12H12FN3O4S. The predicted octanol–water partition coefficient (Wildman–Crippen LogP) is 1.54. The van der Waals surface area contributed by atoms with Crippen molar-refractivity contribution in [3.05, 3.63) is 41.8 Å². The molecule has 0 bridgehead atoms. The third-order valence-electron chi connectivity index (χ3n) is 2.70. The number of aromatic carboxylic acids is 1. The van der Waals surface area contributed by atoms with Crippen molar-refractivity contribution in [1.29, 1.82) is 0 Å². The normalized spacial score (nSPS) is 11.3. The molecule has 0 unspecified atom stereocenters. The van der Waals surface area contributed by atoms with Crippen molar-refractivity contribution in [1.82, 2.24) is 9.78 Å². The lowest BCUT2D eigenvalue weighted by Crippen LogP contribution is -2.18. The van der Waals surface area contributed by atoms with E-state index in [0.29, 0.717) is 6.54 Å². The Morgan fingerprint density at radius 2 is 2.14 bits per heavy atom. The summed E-state index contributed by atoms with van der Waals surface area (Å²) in [5.74, 6) is -2.45. The molecule has 2 N–H and O–H groups in total. The summed E-state index contributed by atoms with van der Waals surface area (Å²) in [6.45, 7) is 2.09. The molecule has 2 rings (SSSR count). The van der Waals surface area contributed by atoms with Crippen LogP contribution in [0.1, 0.15) is 17.3 Å². The molecule has 0 spiro atoms. The van der Waals surface area contributed by atoms with Gasteiger partial charge >= 0.3 is 5.97 Å². The van der Waals surface area contributed by atoms with Gasteiger partial charge in [0, 0.05) is 6.54 Å². The fourth-order valence-corrected chi connectivity index (χ4v) is 2.98. The Kier molecular flexibility index (Phi) is 3.94. The summed E-state index contributed by atoms with van der Waals surface area (Å²) >= 11 is 0. The van der Waals surface area contributed by atoms with Gasteiger partial charge in [0.2, 0.25) is 0 Å². The molecular weight excluding hydrogens is 301 g/mol. The zero-order valence-corrected chi connectivity index (χ0v) is 11.8. The Balaban J connectivity index is 2.33. The SMILES string of the molecule is CCn1nccc1S(=O)(=O)Nc1ccc(C(=O)O)c(F)c1. The lowest BCUT2D eigenvalue weighted by molar-refractivity contribution is 0.0692. The zero-order chi connectivity index (χ0) is 15.6. The van der Waals surface area contributed by atoms with E-state index in [0.717, 1.165) is 12.1 Å². The van der Waals surface area contributed by atoms with Crippen LogP contribution in [-0.2, 0) is 16.6 Å². The van der Waals surface area contributed by atoms with Crippen molar-refractivity contribution in [3.63, 3.8) is 0 Å². The van der Waals surface area contributed by atoms with Crippen LogP contribution in [0.15, 0.2) is 35.5 Å². The van der Waals surface area contributed by atoms with Crippen molar-refractivity contribution in [3.8, 4) is 0 Å². The van der Waals surface area contributed by atoms with Crippen molar-refractivity contribution >= 4 is 21.7 Å². The number of carbonyl (C=O) groups is 1. The Bertz CT molecular complexity index is 786. The molecule has 0 aliphatic carbocycles. The Labute approximate surface area is 120 Å². The number of halogens is 1. The minimum Gasteiger partial charge on any atom is -0.478 e. The van der Waals surface area contributed by atoms with Gasteiger partial charge in [0.05, 0.1) is 17.4 Å². The molecule has 0 radical (unpaired) electrons. The van der Waals surface area contributed by atoms with Gasteiger partial charge in [-0.3, -0.25) is 9.40 Å². The van der Waals surface area contributed by atoms with Crippen molar-refractivity contribution in [2.24, 2.45) is 0 Å². The molecule has 1 heterocycles. The Morgan fingerprint density at radius 3 is 2.71 bits per heavy atom. The number of carboxylic acid groups (broad SMARTS) is 1. The third kappa shape index (κ3) is 3.02. The monoisotopic (exact) mass is 313 g/mol. The number of sulfonamides is 1. The molecule has 21 heavy (non-hydrogen) atoms. The first-order valence-electron chi connectivity index (χ1n) is 5.92. The standard InChI is InChI=1S/C12H12FN3O4S/c1-2-16-11(5-6-14-16)21(19,20)15-8-3-4-9(12(17)18)10(13)7-8/h3-7,15H,2H2,1H3,(H,17,18). The molecule has 0 saturated heterocycles. The van der Waals surface area contributed by atoms with Crippen LogP contribution in [-0.4, -0.2) is 29.3 Å². The molecule has 0 amide bonds. The van der Waals surface area contributed by atoms with Crippen molar-refractivity contribution in [2.45, 2.75) is 18.5 Å². The molecule has 0 aliphatic heterocycles. The summed E-state index contributed by atoms with van der Waals surface area (Å²) in [5, 5.41) is 12.5. The van der Waals surface area contributed by atoms with Crippen LogP contribution in [0.2, 0.25) is 0 Å². The van der Waals surface area contributed by atoms with Crippen LogP contribution in [0.3, 0.4) is 0 Å². The summed E-state index contributed by atoms with van der Waals surface area (Å²) in [6, 6.07) is 4.30. The second-order valence-corrected chi connectivity index (χ2v) is 5.72. The predicted molar refractivity (Wildman–Crippen MR) is 72.1 cm³/mol. The topological polar surface area (TPSA) is 101 Å². The highest BCUT2D eigenvalue weighted by atomic mass is 32.2. The molecule has 2 aromatic rings. The molecule has 0 aliphatic rings. The van der Waals surface area contributed by atoms with Crippen LogP contribution >= 0.6 is 0 Å². The van der Waals surface area contributed by atoms with E-state index >= 15 is 0 Å². The number of aromatic nitrogens is 2. The molecule has 7 nitrogen and oxygen atoms in total. The smallest absolute Gasteiger partial charge is 0.338 e. The average molecular weight is 313 g/mol. The van der Waals surface area contributed by atoms with Gasteiger partial charge in [-0.15, -0.1) is 0 Å². The molecule has 1 aromatic carbocycles. The van der Waals surface area contributed by atoms with Crippen LogP contribution < -0.4 is 4.72 Å². The maximum atomic E-state index is 13.5. The number of nitrogens with zero attached hydrogens (tertiary/aromatic N) is 2. The maximum absolute atomic E-state index is 13.5. The van der Waals surface area contributed by atoms with Gasteiger partial charge in [-0.1, -0.05) is 0 Å². The Hall–Kier alpha value is -2.42. The number of anilines is 1. The summed E-state index contributed by atoms with van der Waals surface area (Å²) in [4.78, 5) is 10.7. The lowest BCUT2D eigenvalue weighted by Gasteiger charge is -2.09. The quantitative estimate of drug-likeness (QED) is 0.872. The molecule has 9 heteroatoms. The van der Waals surface area contributed by atoms with Gasteiger partial charge in [0.15, 0.2) is 5.03 Å². The van der Waals surface area contributed by atoms with E-state index < -0.39 is 27.4 Å². The molecule has 0 saturated carbocycles. The number of rotatable bonds is 5. The summed E-state index contributed by atoms with van der Waals surface area (Å²) in [7, 11) is -3.93. The first kappa shape index (κ1) is 15.0. The molecule has 112 valence electrons. The first-order chi connectivity index (χ1) is 9.85. The van der Waals surface area contributed by atoms with E-state index in [1.54, 1.807) is 6.92 Å². The van der Waals surface area contributed by atoms with Crippen molar-refractivity contribution in [2.75, 3.05) is 4.72 Å². The van der Waals surface area contributed by atoms with Gasteiger partial charge in [0.1, 0.15) is 5.82 Å². The largest absolute Gasteiger partial charge is 0.478 e. The highest BCUT2D eigenvalue weighted by molar-refractivity contribution is 7.92. The number of nitrogens with one attached hydrogen (secondary N) is 1. The van der Waals surface area contributed by atoms with E-state index in [1.807, 2.05) is 0 Å². The first-order valence-corrected chi connectivity index (χ1v) is 7.41. The highest BCUT2D eigenvalue weighted by Gasteiger charge is 2.20. The minimum atomic E-state index is -3.93. The number of hydrogen-bond acceptors (Lipinski definition) is 4. The second kappa shape index (κ2) is 5.52. The zero-order valence-electron chi connectivity index (χ0n) is 10.9. The maximum Gasteiger partial charge on any atom is 0.338 e. The van der Waals surface area contributed by atoms with Crippen LogP contribution in [0.25, 0.3) is 0 Å². The van der Waals surface area contributed by atoms with Gasteiger partial charge in [-0.25, -0.2) is 9.18 Å². The summed E-state index contributed by atoms with van der Waals surface area (Å²) in [6.07, 6.45) is 1.34. The molecule has 1 aromatic heterocycles. The van der Waals surface area contributed by atoms with E-state index in [-0.39, 0.29) is 10.7 Å². The van der Waals surface area contributed by atoms with Crippen LogP contribution in [0.4, 0.5) is 10.1 Å².